The maximum Gasteiger partial charge on any atom is 0.419 e. The van der Waals surface area contributed by atoms with E-state index in [4.69, 9.17) is 0 Å². The van der Waals surface area contributed by atoms with Crippen molar-refractivity contribution >= 4 is 11.7 Å². The van der Waals surface area contributed by atoms with Crippen LogP contribution in [0.15, 0.2) is 35.1 Å². The van der Waals surface area contributed by atoms with E-state index in [1.54, 1.807) is 0 Å². The number of hydrogen-bond donors (Lipinski definition) is 1. The lowest BCUT2D eigenvalue weighted by Crippen LogP contribution is -2.15. The minimum Gasteiger partial charge on any atom is -0.363 e. The Morgan fingerprint density at radius 3 is 2.58 bits per heavy atom. The molecule has 1 aromatic heterocycles. The van der Waals surface area contributed by atoms with Gasteiger partial charge in [-0.25, -0.2) is 4.39 Å². The van der Waals surface area contributed by atoms with Crippen molar-refractivity contribution < 1.29 is 26.9 Å². The molecule has 1 N–H and O–H groups in total. The highest BCUT2D eigenvalue weighted by atomic mass is 19.4. The Kier molecular flexibility index (Phi) is 3.24. The number of rotatable bonds is 2. The molecule has 19 heavy (non-hydrogen) atoms. The molecule has 1 heterocycles. The van der Waals surface area contributed by atoms with Gasteiger partial charge < -0.3 is 9.84 Å². The Hall–Kier alpha value is -2.38. The molecule has 0 spiro atoms. The van der Waals surface area contributed by atoms with Gasteiger partial charge in [0.05, 0.1) is 5.56 Å². The molecule has 0 aliphatic rings. The average molecular weight is 274 g/mol. The van der Waals surface area contributed by atoms with Crippen LogP contribution in [-0.4, -0.2) is 11.1 Å². The van der Waals surface area contributed by atoms with E-state index < -0.39 is 23.5 Å². The first-order chi connectivity index (χ1) is 8.88. The van der Waals surface area contributed by atoms with Crippen LogP contribution in [0.4, 0.5) is 23.4 Å². The van der Waals surface area contributed by atoms with Gasteiger partial charge in [0.25, 0.3) is 5.91 Å². The van der Waals surface area contributed by atoms with Crippen molar-refractivity contribution in [3.63, 3.8) is 0 Å². The Labute approximate surface area is 104 Å². The van der Waals surface area contributed by atoms with E-state index in [-0.39, 0.29) is 11.4 Å². The second-order valence-electron chi connectivity index (χ2n) is 3.53. The van der Waals surface area contributed by atoms with Crippen LogP contribution in [0.2, 0.25) is 0 Å². The molecule has 2 aromatic rings. The number of hydrogen-bond acceptors (Lipinski definition) is 3. The lowest BCUT2D eigenvalue weighted by atomic mass is 10.1. The zero-order valence-corrected chi connectivity index (χ0v) is 9.16. The molecule has 0 atom stereocenters. The molecular formula is C11H6F4N2O2. The predicted octanol–water partition coefficient (Wildman–Crippen LogP) is 3.08. The quantitative estimate of drug-likeness (QED) is 0.856. The van der Waals surface area contributed by atoms with Crippen LogP contribution in [0, 0.1) is 5.82 Å². The number of nitrogens with zero attached hydrogens (tertiary/aromatic N) is 1. The highest BCUT2D eigenvalue weighted by molar-refractivity contribution is 6.03. The fourth-order valence-electron chi connectivity index (χ4n) is 1.35. The van der Waals surface area contributed by atoms with Crippen LogP contribution in [-0.2, 0) is 6.18 Å². The summed E-state index contributed by atoms with van der Waals surface area (Å²) in [7, 11) is 0. The molecule has 100 valence electrons. The first-order valence-corrected chi connectivity index (χ1v) is 4.96. The molecule has 1 amide bonds. The summed E-state index contributed by atoms with van der Waals surface area (Å²) in [6, 6.07) is 3.28. The maximum absolute atomic E-state index is 13.0. The molecular weight excluding hydrogens is 268 g/mol. The lowest BCUT2D eigenvalue weighted by Gasteiger charge is -2.09. The second kappa shape index (κ2) is 4.71. The number of alkyl halides is 3. The van der Waals surface area contributed by atoms with Crippen LogP contribution in [0.1, 0.15) is 15.9 Å². The molecule has 2 rings (SSSR count). The van der Waals surface area contributed by atoms with Gasteiger partial charge in [-0.1, -0.05) is 5.16 Å². The van der Waals surface area contributed by atoms with Gasteiger partial charge in [0.1, 0.15) is 12.1 Å². The maximum atomic E-state index is 13.0. The molecule has 0 aliphatic heterocycles. The van der Waals surface area contributed by atoms with Crippen molar-refractivity contribution in [2.45, 2.75) is 6.18 Å². The summed E-state index contributed by atoms with van der Waals surface area (Å²) in [6.45, 7) is 0. The number of anilines is 1. The fourth-order valence-corrected chi connectivity index (χ4v) is 1.35. The van der Waals surface area contributed by atoms with E-state index in [0.29, 0.717) is 12.1 Å². The lowest BCUT2D eigenvalue weighted by molar-refractivity contribution is -0.140. The molecule has 0 saturated heterocycles. The number of nitrogens with one attached hydrogen (secondary N) is 1. The number of aromatic nitrogens is 1. The first kappa shape index (κ1) is 13.1. The molecule has 0 unspecified atom stereocenters. The average Bonchev–Trinajstić information content (AvgIpc) is 2.80. The van der Waals surface area contributed by atoms with Crippen LogP contribution in [0.25, 0.3) is 0 Å². The largest absolute Gasteiger partial charge is 0.419 e. The monoisotopic (exact) mass is 274 g/mol. The van der Waals surface area contributed by atoms with Crippen molar-refractivity contribution in [2.24, 2.45) is 0 Å². The van der Waals surface area contributed by atoms with Crippen molar-refractivity contribution in [1.29, 1.82) is 0 Å². The van der Waals surface area contributed by atoms with Gasteiger partial charge in [0.15, 0.2) is 5.82 Å². The molecule has 0 radical (unpaired) electrons. The number of amides is 1. The van der Waals surface area contributed by atoms with Gasteiger partial charge in [-0.3, -0.25) is 4.79 Å². The Morgan fingerprint density at radius 1 is 1.26 bits per heavy atom. The number of carbonyl (C=O) groups excluding carboxylic acids is 1. The Bertz CT molecular complexity index is 593. The standard InChI is InChI=1S/C11H6F4N2O2/c12-8-2-1-6(5-7(8)11(13,14)15)10(18)16-9-3-4-19-17-9/h1-5H,(H,16,17,18). The van der Waals surface area contributed by atoms with Crippen LogP contribution in [0.5, 0.6) is 0 Å². The van der Waals surface area contributed by atoms with Crippen molar-refractivity contribution in [3.8, 4) is 0 Å². The zero-order chi connectivity index (χ0) is 14.0. The van der Waals surface area contributed by atoms with E-state index >= 15 is 0 Å². The van der Waals surface area contributed by atoms with Crippen LogP contribution < -0.4 is 5.32 Å². The van der Waals surface area contributed by atoms with Crippen molar-refractivity contribution in [3.05, 3.63) is 47.5 Å². The molecule has 1 aromatic carbocycles. The van der Waals surface area contributed by atoms with E-state index in [2.05, 4.69) is 15.0 Å². The van der Waals surface area contributed by atoms with Gasteiger partial charge in [0, 0.05) is 11.6 Å². The summed E-state index contributed by atoms with van der Waals surface area (Å²) in [5.74, 6) is -2.24. The normalized spacial score (nSPS) is 11.4. The minimum absolute atomic E-state index is 0.0443. The minimum atomic E-state index is -4.87. The number of benzene rings is 1. The van der Waals surface area contributed by atoms with Crippen LogP contribution in [0.3, 0.4) is 0 Å². The van der Waals surface area contributed by atoms with Gasteiger partial charge >= 0.3 is 6.18 Å². The second-order valence-corrected chi connectivity index (χ2v) is 3.53. The fraction of sp³-hybridized carbons (Fsp3) is 0.0909. The Balaban J connectivity index is 2.28. The predicted molar refractivity (Wildman–Crippen MR) is 55.9 cm³/mol. The number of halogens is 4. The van der Waals surface area contributed by atoms with Gasteiger partial charge in [-0.15, -0.1) is 0 Å². The molecule has 4 nitrogen and oxygen atoms in total. The Morgan fingerprint density at radius 2 is 2.00 bits per heavy atom. The highest BCUT2D eigenvalue weighted by Gasteiger charge is 2.34. The summed E-state index contributed by atoms with van der Waals surface area (Å²) < 4.78 is 54.9. The van der Waals surface area contributed by atoms with Gasteiger partial charge in [-0.2, -0.15) is 13.2 Å². The number of carbonyl (C=O) groups is 1. The molecule has 0 saturated carbocycles. The molecule has 0 fully saturated rings. The van der Waals surface area contributed by atoms with Crippen molar-refractivity contribution in [1.82, 2.24) is 5.16 Å². The third kappa shape index (κ3) is 2.90. The highest BCUT2D eigenvalue weighted by Crippen LogP contribution is 2.31. The smallest absolute Gasteiger partial charge is 0.363 e. The van der Waals surface area contributed by atoms with Crippen molar-refractivity contribution in [2.75, 3.05) is 5.32 Å². The molecule has 0 bridgehead atoms. The first-order valence-electron chi connectivity index (χ1n) is 4.96. The summed E-state index contributed by atoms with van der Waals surface area (Å²) in [6.07, 6.45) is -3.68. The summed E-state index contributed by atoms with van der Waals surface area (Å²) in [5, 5.41) is 5.57. The third-order valence-electron chi connectivity index (χ3n) is 2.21. The van der Waals surface area contributed by atoms with E-state index in [0.717, 1.165) is 6.07 Å². The van der Waals surface area contributed by atoms with Gasteiger partial charge in [0.2, 0.25) is 0 Å². The third-order valence-corrected chi connectivity index (χ3v) is 2.21. The van der Waals surface area contributed by atoms with Gasteiger partial charge in [-0.05, 0) is 18.2 Å². The van der Waals surface area contributed by atoms with E-state index in [1.165, 1.54) is 12.3 Å². The van der Waals surface area contributed by atoms with Crippen LogP contribution >= 0.6 is 0 Å². The summed E-state index contributed by atoms with van der Waals surface area (Å²) >= 11 is 0. The van der Waals surface area contributed by atoms with E-state index in [9.17, 15) is 22.4 Å². The summed E-state index contributed by atoms with van der Waals surface area (Å²) in [4.78, 5) is 11.6. The zero-order valence-electron chi connectivity index (χ0n) is 9.16. The van der Waals surface area contributed by atoms with E-state index in [1.807, 2.05) is 0 Å². The molecule has 8 heteroatoms. The topological polar surface area (TPSA) is 55.1 Å². The SMILES string of the molecule is O=C(Nc1ccon1)c1ccc(F)c(C(F)(F)F)c1. The summed E-state index contributed by atoms with van der Waals surface area (Å²) in [5.41, 5.74) is -1.84. The molecule has 0 aliphatic carbocycles.